The number of nitrogens with one attached hydrogen (secondary N) is 1. The zero-order valence-electron chi connectivity index (χ0n) is 13.5. The van der Waals surface area contributed by atoms with E-state index in [0.29, 0.717) is 0 Å². The summed E-state index contributed by atoms with van der Waals surface area (Å²) in [5.41, 5.74) is 3.88. The van der Waals surface area contributed by atoms with Crippen molar-refractivity contribution in [2.75, 3.05) is 16.8 Å². The highest BCUT2D eigenvalue weighted by Crippen LogP contribution is 2.22. The maximum Gasteiger partial charge on any atom is 0.331 e. The Morgan fingerprint density at radius 3 is 2.48 bits per heavy atom. The van der Waals surface area contributed by atoms with Gasteiger partial charge in [-0.2, -0.15) is 0 Å². The van der Waals surface area contributed by atoms with Crippen molar-refractivity contribution >= 4 is 23.2 Å². The Labute approximate surface area is 136 Å². The normalized spacial score (nSPS) is 13.6. The minimum atomic E-state index is -0.163. The summed E-state index contributed by atoms with van der Waals surface area (Å²) in [5.74, 6) is 0.833. The van der Waals surface area contributed by atoms with Crippen molar-refractivity contribution in [1.82, 2.24) is 0 Å². The van der Waals surface area contributed by atoms with Gasteiger partial charge in [0.25, 0.3) is 0 Å². The lowest BCUT2D eigenvalue weighted by atomic mass is 10.2. The van der Waals surface area contributed by atoms with E-state index in [1.807, 2.05) is 62.4 Å². The number of urea groups is 1. The topological polar surface area (TPSA) is 44.7 Å². The lowest BCUT2D eigenvalue weighted by Gasteiger charge is -2.23. The zero-order chi connectivity index (χ0) is 16.2. The van der Waals surface area contributed by atoms with Crippen LogP contribution in [0.2, 0.25) is 0 Å². The third-order valence-electron chi connectivity index (χ3n) is 3.99. The second kappa shape index (κ2) is 6.65. The van der Waals surface area contributed by atoms with Crippen LogP contribution in [0.5, 0.6) is 0 Å². The van der Waals surface area contributed by atoms with Gasteiger partial charge in [0.1, 0.15) is 5.84 Å². The number of carbonyl (C=O) groups excluding carboxylic acids is 1. The number of nitrogens with zero attached hydrogens (tertiary/aromatic N) is 2. The molecule has 2 aromatic rings. The van der Waals surface area contributed by atoms with E-state index in [1.54, 1.807) is 4.90 Å². The number of benzene rings is 2. The highest BCUT2D eigenvalue weighted by atomic mass is 16.2. The number of amidine groups is 1. The van der Waals surface area contributed by atoms with Gasteiger partial charge in [0.15, 0.2) is 0 Å². The lowest BCUT2D eigenvalue weighted by Crippen LogP contribution is -2.39. The van der Waals surface area contributed by atoms with Crippen molar-refractivity contribution in [2.24, 2.45) is 4.99 Å². The molecule has 2 aromatic carbocycles. The maximum absolute atomic E-state index is 12.9. The summed E-state index contributed by atoms with van der Waals surface area (Å²) in [6.07, 6.45) is 1.82. The van der Waals surface area contributed by atoms with Gasteiger partial charge in [0.05, 0.1) is 5.69 Å². The summed E-state index contributed by atoms with van der Waals surface area (Å²) < 4.78 is 0. The molecule has 0 spiro atoms. The average molecular weight is 307 g/mol. The van der Waals surface area contributed by atoms with Gasteiger partial charge in [-0.15, -0.1) is 0 Å². The van der Waals surface area contributed by atoms with Gasteiger partial charge < -0.3 is 5.32 Å². The highest BCUT2D eigenvalue weighted by Gasteiger charge is 2.23. The molecule has 0 saturated carbocycles. The molecule has 0 unspecified atom stereocenters. The van der Waals surface area contributed by atoms with E-state index in [-0.39, 0.29) is 6.03 Å². The first kappa shape index (κ1) is 15.3. The van der Waals surface area contributed by atoms with E-state index in [9.17, 15) is 4.79 Å². The summed E-state index contributed by atoms with van der Waals surface area (Å²) >= 11 is 0. The van der Waals surface area contributed by atoms with Crippen LogP contribution in [0.4, 0.5) is 16.2 Å². The average Bonchev–Trinajstić information content (AvgIpc) is 3.06. The molecule has 0 radical (unpaired) electrons. The fourth-order valence-electron chi connectivity index (χ4n) is 2.67. The van der Waals surface area contributed by atoms with Crippen LogP contribution < -0.4 is 10.2 Å². The van der Waals surface area contributed by atoms with Gasteiger partial charge >= 0.3 is 6.03 Å². The van der Waals surface area contributed by atoms with Crippen LogP contribution in [0.3, 0.4) is 0 Å². The molecule has 1 N–H and O–H groups in total. The van der Waals surface area contributed by atoms with Crippen LogP contribution in [-0.4, -0.2) is 18.4 Å². The van der Waals surface area contributed by atoms with Crippen LogP contribution >= 0.6 is 0 Å². The summed E-state index contributed by atoms with van der Waals surface area (Å²) in [6, 6.07) is 15.6. The minimum absolute atomic E-state index is 0.163. The molecule has 0 bridgehead atoms. The molecule has 4 heteroatoms. The molecule has 0 atom stereocenters. The van der Waals surface area contributed by atoms with Crippen molar-refractivity contribution in [3.05, 3.63) is 59.7 Å². The molecule has 0 aromatic heterocycles. The van der Waals surface area contributed by atoms with Gasteiger partial charge in [-0.1, -0.05) is 35.9 Å². The van der Waals surface area contributed by atoms with Crippen LogP contribution in [-0.2, 0) is 0 Å². The molecule has 1 aliphatic rings. The number of amides is 2. The van der Waals surface area contributed by atoms with Gasteiger partial charge in [0.2, 0.25) is 0 Å². The van der Waals surface area contributed by atoms with Crippen molar-refractivity contribution in [1.29, 1.82) is 0 Å². The number of hydrogen-bond donors (Lipinski definition) is 1. The predicted molar refractivity (Wildman–Crippen MR) is 95.4 cm³/mol. The molecule has 0 saturated heterocycles. The zero-order valence-corrected chi connectivity index (χ0v) is 13.5. The Kier molecular flexibility index (Phi) is 4.42. The van der Waals surface area contributed by atoms with E-state index < -0.39 is 0 Å². The number of rotatable bonds is 2. The van der Waals surface area contributed by atoms with E-state index in [4.69, 9.17) is 0 Å². The lowest BCUT2D eigenvalue weighted by molar-refractivity contribution is 0.259. The maximum atomic E-state index is 12.9. The summed E-state index contributed by atoms with van der Waals surface area (Å²) in [6.45, 7) is 4.81. The van der Waals surface area contributed by atoms with Gasteiger partial charge in [0, 0.05) is 18.7 Å². The molecule has 1 aliphatic heterocycles. The molecular weight excluding hydrogens is 286 g/mol. The first-order chi connectivity index (χ1) is 11.1. The second-order valence-electron chi connectivity index (χ2n) is 5.82. The number of para-hydroxylation sites is 1. The summed E-state index contributed by atoms with van der Waals surface area (Å²) in [5, 5.41) is 3.01. The molecule has 118 valence electrons. The Balaban J connectivity index is 1.90. The Morgan fingerprint density at radius 1 is 1.09 bits per heavy atom. The van der Waals surface area contributed by atoms with Crippen LogP contribution in [0.25, 0.3) is 0 Å². The molecule has 0 fully saturated rings. The van der Waals surface area contributed by atoms with Gasteiger partial charge in [-0.25, -0.2) is 4.79 Å². The van der Waals surface area contributed by atoms with E-state index in [2.05, 4.69) is 10.3 Å². The quantitative estimate of drug-likeness (QED) is 0.870. The first-order valence-electron chi connectivity index (χ1n) is 7.92. The second-order valence-corrected chi connectivity index (χ2v) is 5.82. The standard InChI is InChI=1S/C19H21N3O/c1-14-9-11-16(12-10-14)22(18-8-5-13-20-18)19(23)21-17-7-4-3-6-15(17)2/h3-4,6-7,9-12H,5,8,13H2,1-2H3,(H,21,23). The molecule has 4 nitrogen and oxygen atoms in total. The SMILES string of the molecule is Cc1ccc(N(C(=O)Nc2ccccc2C)C2=NCCC2)cc1. The van der Waals surface area contributed by atoms with Crippen molar-refractivity contribution in [2.45, 2.75) is 26.7 Å². The number of aryl methyl sites for hydroxylation is 2. The van der Waals surface area contributed by atoms with Crippen molar-refractivity contribution < 1.29 is 4.79 Å². The molecule has 2 amide bonds. The smallest absolute Gasteiger partial charge is 0.307 e. The molecule has 1 heterocycles. The molecular formula is C19H21N3O. The molecule has 3 rings (SSSR count). The number of anilines is 2. The van der Waals surface area contributed by atoms with E-state index >= 15 is 0 Å². The highest BCUT2D eigenvalue weighted by molar-refractivity contribution is 6.20. The van der Waals surface area contributed by atoms with Crippen LogP contribution in [0.15, 0.2) is 53.5 Å². The Bertz CT molecular complexity index is 735. The number of hydrogen-bond acceptors (Lipinski definition) is 2. The predicted octanol–water partition coefficient (Wildman–Crippen LogP) is 4.53. The van der Waals surface area contributed by atoms with E-state index in [0.717, 1.165) is 42.2 Å². The van der Waals surface area contributed by atoms with Crippen molar-refractivity contribution in [3.63, 3.8) is 0 Å². The van der Waals surface area contributed by atoms with Crippen LogP contribution in [0, 0.1) is 13.8 Å². The summed E-state index contributed by atoms with van der Waals surface area (Å²) in [7, 11) is 0. The fourth-order valence-corrected chi connectivity index (χ4v) is 2.67. The number of aliphatic imine (C=N–C) groups is 1. The van der Waals surface area contributed by atoms with Gasteiger partial charge in [-0.3, -0.25) is 9.89 Å². The molecule has 0 aliphatic carbocycles. The first-order valence-corrected chi connectivity index (χ1v) is 7.92. The monoisotopic (exact) mass is 307 g/mol. The number of carbonyl (C=O) groups is 1. The third kappa shape index (κ3) is 3.42. The van der Waals surface area contributed by atoms with Gasteiger partial charge in [-0.05, 0) is 44.0 Å². The minimum Gasteiger partial charge on any atom is -0.307 e. The Morgan fingerprint density at radius 2 is 1.83 bits per heavy atom. The summed E-state index contributed by atoms with van der Waals surface area (Å²) in [4.78, 5) is 19.1. The Hall–Kier alpha value is -2.62. The van der Waals surface area contributed by atoms with Crippen LogP contribution in [0.1, 0.15) is 24.0 Å². The fraction of sp³-hybridized carbons (Fsp3) is 0.263. The third-order valence-corrected chi connectivity index (χ3v) is 3.99. The van der Waals surface area contributed by atoms with Crippen molar-refractivity contribution in [3.8, 4) is 0 Å². The van der Waals surface area contributed by atoms with E-state index in [1.165, 1.54) is 5.56 Å². The largest absolute Gasteiger partial charge is 0.331 e. The molecule has 23 heavy (non-hydrogen) atoms.